The van der Waals surface area contributed by atoms with Gasteiger partial charge in [-0.1, -0.05) is 23.2 Å². The maximum absolute atomic E-state index is 5.86. The molecule has 1 rings (SSSR count). The smallest absolute Gasteiger partial charge is 0.137 e. The Hall–Kier alpha value is -0.0500. The van der Waals surface area contributed by atoms with Gasteiger partial charge in [-0.15, -0.1) is 21.8 Å². The van der Waals surface area contributed by atoms with Crippen LogP contribution in [0, 0.1) is 6.92 Å². The molecule has 0 saturated carbocycles. The van der Waals surface area contributed by atoms with Crippen molar-refractivity contribution in [3.8, 4) is 0 Å². The Balaban J connectivity index is 2.96. The Morgan fingerprint density at radius 1 is 1.15 bits per heavy atom. The van der Waals surface area contributed by atoms with E-state index in [1.807, 2.05) is 6.92 Å². The highest BCUT2D eigenvalue weighted by Crippen LogP contribution is 2.22. The summed E-state index contributed by atoms with van der Waals surface area (Å²) in [4.78, 5) is 0. The molecular formula is C8H9Cl3N2. The maximum atomic E-state index is 5.86. The number of nitrogens with zero attached hydrogens (tertiary/aromatic N) is 2. The van der Waals surface area contributed by atoms with Crippen LogP contribution >= 0.6 is 34.8 Å². The van der Waals surface area contributed by atoms with Gasteiger partial charge in [0.2, 0.25) is 0 Å². The topological polar surface area (TPSA) is 25.8 Å². The van der Waals surface area contributed by atoms with Gasteiger partial charge in [0.15, 0.2) is 10.3 Å². The van der Waals surface area contributed by atoms with E-state index < -0.39 is 0 Å². The van der Waals surface area contributed by atoms with E-state index in [1.54, 1.807) is 0 Å². The summed E-state index contributed by atoms with van der Waals surface area (Å²) in [5, 5.41) is 8.26. The molecule has 13 heavy (non-hydrogen) atoms. The highest BCUT2D eigenvalue weighted by molar-refractivity contribution is 6.32. The van der Waals surface area contributed by atoms with Gasteiger partial charge in [-0.05, 0) is 30.9 Å². The van der Waals surface area contributed by atoms with Crippen LogP contribution in [-0.4, -0.2) is 16.1 Å². The summed E-state index contributed by atoms with van der Waals surface area (Å²) < 4.78 is 0. The van der Waals surface area contributed by atoms with Crippen molar-refractivity contribution >= 4 is 34.8 Å². The van der Waals surface area contributed by atoms with Crippen LogP contribution in [0.3, 0.4) is 0 Å². The molecule has 1 aromatic heterocycles. The van der Waals surface area contributed by atoms with Crippen LogP contribution in [0.25, 0.3) is 0 Å². The monoisotopic (exact) mass is 238 g/mol. The molecule has 0 spiro atoms. The van der Waals surface area contributed by atoms with Crippen molar-refractivity contribution in [3.63, 3.8) is 0 Å². The maximum Gasteiger partial charge on any atom is 0.155 e. The molecule has 0 aliphatic carbocycles. The minimum Gasteiger partial charge on any atom is -0.137 e. The first kappa shape index (κ1) is 11.0. The largest absolute Gasteiger partial charge is 0.155 e. The van der Waals surface area contributed by atoms with E-state index in [0.29, 0.717) is 16.2 Å². The van der Waals surface area contributed by atoms with Crippen molar-refractivity contribution in [1.29, 1.82) is 0 Å². The Labute approximate surface area is 92.2 Å². The number of hydrogen-bond donors (Lipinski definition) is 0. The molecule has 0 aliphatic heterocycles. The molecule has 0 aromatic carbocycles. The van der Waals surface area contributed by atoms with Gasteiger partial charge in [0.1, 0.15) is 0 Å². The first-order valence-corrected chi connectivity index (χ1v) is 5.19. The molecule has 2 nitrogen and oxygen atoms in total. The van der Waals surface area contributed by atoms with Gasteiger partial charge in [0, 0.05) is 5.88 Å². The van der Waals surface area contributed by atoms with Gasteiger partial charge in [-0.25, -0.2) is 0 Å². The van der Waals surface area contributed by atoms with Crippen molar-refractivity contribution in [2.45, 2.75) is 19.8 Å². The van der Waals surface area contributed by atoms with Gasteiger partial charge in [0.05, 0.1) is 0 Å². The average molecular weight is 240 g/mol. The lowest BCUT2D eigenvalue weighted by molar-refractivity contribution is 0.884. The van der Waals surface area contributed by atoms with Crippen LogP contribution in [0.15, 0.2) is 0 Å². The Bertz CT molecular complexity index is 302. The minimum atomic E-state index is 0.411. The summed E-state index contributed by atoms with van der Waals surface area (Å²) in [6.07, 6.45) is 1.66. The first-order valence-electron chi connectivity index (χ1n) is 3.90. The Kier molecular flexibility index (Phi) is 4.23. The predicted molar refractivity (Wildman–Crippen MR) is 55.8 cm³/mol. The molecular weight excluding hydrogens is 230 g/mol. The molecule has 1 aromatic rings. The molecule has 0 N–H and O–H groups in total. The number of aromatic nitrogens is 2. The van der Waals surface area contributed by atoms with Crippen LogP contribution in [0.2, 0.25) is 10.3 Å². The second-order valence-corrected chi connectivity index (χ2v) is 3.77. The third-order valence-corrected chi connectivity index (χ3v) is 2.73. The fraction of sp³-hybridized carbons (Fsp3) is 0.500. The van der Waals surface area contributed by atoms with E-state index in [4.69, 9.17) is 34.8 Å². The van der Waals surface area contributed by atoms with Crippen LogP contribution in [0.5, 0.6) is 0 Å². The summed E-state index contributed by atoms with van der Waals surface area (Å²) in [6.45, 7) is 1.88. The Morgan fingerprint density at radius 3 is 2.38 bits per heavy atom. The third-order valence-electron chi connectivity index (χ3n) is 1.80. The second kappa shape index (κ2) is 4.99. The molecule has 0 atom stereocenters. The molecule has 0 saturated heterocycles. The summed E-state index contributed by atoms with van der Waals surface area (Å²) in [6, 6.07) is 0. The normalized spacial score (nSPS) is 10.5. The quantitative estimate of drug-likeness (QED) is 0.757. The van der Waals surface area contributed by atoms with Crippen molar-refractivity contribution in [2.75, 3.05) is 5.88 Å². The summed E-state index contributed by atoms with van der Waals surface area (Å²) in [7, 11) is 0. The van der Waals surface area contributed by atoms with Crippen molar-refractivity contribution in [3.05, 3.63) is 21.4 Å². The molecule has 0 aliphatic rings. The number of halogens is 3. The molecule has 1 heterocycles. The number of rotatable bonds is 3. The van der Waals surface area contributed by atoms with Crippen LogP contribution in [-0.2, 0) is 6.42 Å². The zero-order valence-corrected chi connectivity index (χ0v) is 9.42. The van der Waals surface area contributed by atoms with Crippen LogP contribution < -0.4 is 0 Å². The zero-order valence-electron chi connectivity index (χ0n) is 7.15. The summed E-state index contributed by atoms with van der Waals surface area (Å²) >= 11 is 17.2. The van der Waals surface area contributed by atoms with Gasteiger partial charge in [0.25, 0.3) is 0 Å². The van der Waals surface area contributed by atoms with E-state index in [2.05, 4.69) is 10.2 Å². The van der Waals surface area contributed by atoms with E-state index in [-0.39, 0.29) is 0 Å². The highest BCUT2D eigenvalue weighted by atomic mass is 35.5. The third kappa shape index (κ3) is 2.70. The molecule has 72 valence electrons. The van der Waals surface area contributed by atoms with Crippen molar-refractivity contribution in [1.82, 2.24) is 10.2 Å². The molecule has 0 fully saturated rings. The van der Waals surface area contributed by atoms with Crippen LogP contribution in [0.1, 0.15) is 17.5 Å². The van der Waals surface area contributed by atoms with Crippen LogP contribution in [0.4, 0.5) is 0 Å². The molecule has 0 bridgehead atoms. The molecule has 0 unspecified atom stereocenters. The standard InChI is InChI=1S/C8H9Cl3N2/c1-5-6(3-2-4-9)8(11)13-12-7(5)10/h2-4H2,1H3. The fourth-order valence-corrected chi connectivity index (χ4v) is 1.60. The van der Waals surface area contributed by atoms with Gasteiger partial charge >= 0.3 is 0 Å². The van der Waals surface area contributed by atoms with Gasteiger partial charge in [-0.2, -0.15) is 0 Å². The van der Waals surface area contributed by atoms with E-state index >= 15 is 0 Å². The number of hydrogen-bond acceptors (Lipinski definition) is 2. The fourth-order valence-electron chi connectivity index (χ4n) is 1.04. The van der Waals surface area contributed by atoms with Gasteiger partial charge < -0.3 is 0 Å². The van der Waals surface area contributed by atoms with Gasteiger partial charge in [-0.3, -0.25) is 0 Å². The lowest BCUT2D eigenvalue weighted by atomic mass is 10.1. The second-order valence-electron chi connectivity index (χ2n) is 2.68. The Morgan fingerprint density at radius 2 is 1.77 bits per heavy atom. The lowest BCUT2D eigenvalue weighted by Crippen LogP contribution is -1.98. The SMILES string of the molecule is Cc1c(Cl)nnc(Cl)c1CCCCl. The lowest BCUT2D eigenvalue weighted by Gasteiger charge is -2.06. The molecule has 0 radical (unpaired) electrons. The average Bonchev–Trinajstić information content (AvgIpc) is 2.12. The number of alkyl halides is 1. The summed E-state index contributed by atoms with van der Waals surface area (Å²) in [5.41, 5.74) is 1.84. The van der Waals surface area contributed by atoms with E-state index in [1.165, 1.54) is 0 Å². The van der Waals surface area contributed by atoms with E-state index in [0.717, 1.165) is 24.0 Å². The highest BCUT2D eigenvalue weighted by Gasteiger charge is 2.09. The van der Waals surface area contributed by atoms with E-state index in [9.17, 15) is 0 Å². The first-order chi connectivity index (χ1) is 6.16. The predicted octanol–water partition coefficient (Wildman–Crippen LogP) is 3.26. The minimum absolute atomic E-state index is 0.411. The zero-order chi connectivity index (χ0) is 9.84. The van der Waals surface area contributed by atoms with Crippen molar-refractivity contribution in [2.24, 2.45) is 0 Å². The van der Waals surface area contributed by atoms with Crippen molar-refractivity contribution < 1.29 is 0 Å². The molecule has 5 heteroatoms. The molecule has 0 amide bonds. The summed E-state index contributed by atoms with van der Waals surface area (Å²) in [5.74, 6) is 0.607.